The molecule has 392 valence electrons. The third-order valence-electron chi connectivity index (χ3n) is 17.8. The van der Waals surface area contributed by atoms with Crippen LogP contribution in [-0.2, 0) is 0 Å². The first-order chi connectivity index (χ1) is 42.2. The van der Waals surface area contributed by atoms with Gasteiger partial charge in [-0.25, -0.2) is 0 Å². The highest BCUT2D eigenvalue weighted by Crippen LogP contribution is 2.52. The summed E-state index contributed by atoms with van der Waals surface area (Å²) in [5.74, 6) is 0. The van der Waals surface area contributed by atoms with Gasteiger partial charge in [-0.1, -0.05) is 212 Å². The summed E-state index contributed by atoms with van der Waals surface area (Å²) in [6, 6.07) is 99.5. The fourth-order valence-corrected chi connectivity index (χ4v) is 14.5. The second kappa shape index (κ2) is 17.8. The molecule has 0 N–H and O–H groups in total. The smallest absolute Gasteiger partial charge is 0.160 e. The minimum Gasteiger partial charge on any atom is -0.454 e. The lowest BCUT2D eigenvalue weighted by Gasteiger charge is -2.27. The van der Waals surface area contributed by atoms with Crippen molar-refractivity contribution in [3.8, 4) is 57.1 Å². The van der Waals surface area contributed by atoms with Gasteiger partial charge in [0.05, 0.1) is 66.9 Å². The SMILES string of the molecule is N#Cc1c(-n2c3ccccc3c3ccccc32)c(-n2c3ccccc3c3ccccc32)c(C#N)c(-n2c3cccc(-c4cccc5cccc(-c6ccccc6)c45)c3c3ccc4c5ccccc5oc4c32)c1-n1c2ccccc2c2ccccc21. The Labute approximate surface area is 485 Å². The summed E-state index contributed by atoms with van der Waals surface area (Å²) in [7, 11) is 0. The van der Waals surface area contributed by atoms with Crippen LogP contribution in [-0.4, -0.2) is 18.3 Å². The number of benzene rings is 13. The Kier molecular flexibility index (Phi) is 9.80. The van der Waals surface area contributed by atoms with Gasteiger partial charge in [0.15, 0.2) is 5.58 Å². The average Bonchev–Trinajstić information content (AvgIpc) is 1.86. The van der Waals surface area contributed by atoms with Crippen molar-refractivity contribution >= 4 is 120 Å². The summed E-state index contributed by atoms with van der Waals surface area (Å²) in [5, 5.41) is 38.2. The molecular weight excluding hydrogens is 1040 g/mol. The normalized spacial score (nSPS) is 12.0. The molecule has 0 aliphatic carbocycles. The maximum absolute atomic E-state index is 13.1. The lowest BCUT2D eigenvalue weighted by atomic mass is 9.90. The van der Waals surface area contributed by atoms with Crippen LogP contribution in [0.1, 0.15) is 11.1 Å². The highest BCUT2D eigenvalue weighted by atomic mass is 16.3. The highest BCUT2D eigenvalue weighted by molar-refractivity contribution is 6.26. The van der Waals surface area contributed by atoms with Gasteiger partial charge in [0.1, 0.15) is 28.8 Å². The molecule has 0 bridgehead atoms. The van der Waals surface area contributed by atoms with Crippen molar-refractivity contribution in [1.82, 2.24) is 18.3 Å². The third-order valence-corrected chi connectivity index (χ3v) is 17.8. The van der Waals surface area contributed by atoms with Gasteiger partial charge in [-0.05, 0) is 87.6 Å². The van der Waals surface area contributed by atoms with Gasteiger partial charge in [-0.3, -0.25) is 0 Å². The van der Waals surface area contributed by atoms with Crippen molar-refractivity contribution in [2.75, 3.05) is 0 Å². The summed E-state index contributed by atoms with van der Waals surface area (Å²) in [4.78, 5) is 0. The first-order valence-electron chi connectivity index (χ1n) is 28.6. The molecule has 0 aliphatic rings. The van der Waals surface area contributed by atoms with E-state index in [9.17, 15) is 10.5 Å². The molecule has 5 heterocycles. The predicted octanol–water partition coefficient (Wildman–Crippen LogP) is 20.2. The Morgan fingerprint density at radius 3 is 1.11 bits per heavy atom. The number of fused-ring (bicyclic) bond motifs is 17. The van der Waals surface area contributed by atoms with E-state index in [2.05, 4.69) is 285 Å². The van der Waals surface area contributed by atoms with Crippen LogP contribution in [0.4, 0.5) is 0 Å². The molecule has 0 unspecified atom stereocenters. The lowest BCUT2D eigenvalue weighted by Crippen LogP contribution is -2.16. The van der Waals surface area contributed by atoms with Crippen molar-refractivity contribution in [3.05, 3.63) is 278 Å². The molecule has 18 rings (SSSR count). The van der Waals surface area contributed by atoms with Gasteiger partial charge in [0.2, 0.25) is 0 Å². The van der Waals surface area contributed by atoms with E-state index >= 15 is 0 Å². The average molecular weight is 1080 g/mol. The molecule has 13 aromatic carbocycles. The second-order valence-electron chi connectivity index (χ2n) is 22.0. The van der Waals surface area contributed by atoms with Gasteiger partial charge in [0.25, 0.3) is 0 Å². The summed E-state index contributed by atoms with van der Waals surface area (Å²) < 4.78 is 16.3. The van der Waals surface area contributed by atoms with Crippen LogP contribution < -0.4 is 0 Å². The molecule has 85 heavy (non-hydrogen) atoms. The zero-order valence-electron chi connectivity index (χ0n) is 45.5. The summed E-state index contributed by atoms with van der Waals surface area (Å²) in [5.41, 5.74) is 15.8. The van der Waals surface area contributed by atoms with Crippen LogP contribution in [0.2, 0.25) is 0 Å². The first kappa shape index (κ1) is 46.8. The number of furan rings is 1. The Morgan fingerprint density at radius 2 is 0.635 bits per heavy atom. The van der Waals surface area contributed by atoms with Gasteiger partial charge in [-0.2, -0.15) is 10.5 Å². The number of nitriles is 2. The number of rotatable bonds is 6. The Hall–Kier alpha value is -11.9. The van der Waals surface area contributed by atoms with E-state index in [1.807, 2.05) is 12.1 Å². The number of hydrogen-bond donors (Lipinski definition) is 0. The first-order valence-corrected chi connectivity index (χ1v) is 28.6. The molecular formula is C78H44N6O. The topological polar surface area (TPSA) is 80.4 Å². The van der Waals surface area contributed by atoms with E-state index < -0.39 is 0 Å². The zero-order valence-corrected chi connectivity index (χ0v) is 45.5. The van der Waals surface area contributed by atoms with Gasteiger partial charge in [0, 0.05) is 53.9 Å². The van der Waals surface area contributed by atoms with Crippen LogP contribution >= 0.6 is 0 Å². The predicted molar refractivity (Wildman–Crippen MR) is 349 cm³/mol. The summed E-state index contributed by atoms with van der Waals surface area (Å²) in [6.45, 7) is 0. The number of nitrogens with zero attached hydrogens (tertiary/aromatic N) is 6. The van der Waals surface area contributed by atoms with E-state index in [-0.39, 0.29) is 0 Å². The molecule has 7 heteroatoms. The Morgan fingerprint density at radius 1 is 0.271 bits per heavy atom. The molecule has 0 amide bonds. The largest absolute Gasteiger partial charge is 0.454 e. The van der Waals surface area contributed by atoms with Crippen LogP contribution in [0.15, 0.2) is 271 Å². The van der Waals surface area contributed by atoms with Crippen LogP contribution in [0.5, 0.6) is 0 Å². The van der Waals surface area contributed by atoms with E-state index in [0.29, 0.717) is 39.5 Å². The standard InChI is InChI=1S/C78H44N6O/c79-45-61-73(81-63-35-11-4-25-50(63)51-26-5-12-36-64(51)81)74(82-65-37-13-6-27-52(65)53-28-7-14-38-66(53)82)62(46-80)76(75(61)83-67-39-15-8-29-54(67)55-30-9-16-40-68(55)83)84-69-41-20-34-58(57-33-19-24-48-23-18-32-49(71(48)57)47-21-2-1-3-22-47)72(69)60-44-43-59-56-31-10-17-42-70(56)85-78(59)77(60)84/h1-44H. The van der Waals surface area contributed by atoms with E-state index in [0.717, 1.165) is 137 Å². The molecule has 0 radical (unpaired) electrons. The van der Waals surface area contributed by atoms with Crippen LogP contribution in [0.25, 0.3) is 165 Å². The van der Waals surface area contributed by atoms with E-state index in [1.54, 1.807) is 0 Å². The lowest BCUT2D eigenvalue weighted by molar-refractivity contribution is 0.671. The molecule has 0 spiro atoms. The molecule has 7 nitrogen and oxygen atoms in total. The Bertz CT molecular complexity index is 5840. The molecule has 0 atom stereocenters. The van der Waals surface area contributed by atoms with Gasteiger partial charge in [-0.15, -0.1) is 0 Å². The summed E-state index contributed by atoms with van der Waals surface area (Å²) in [6.07, 6.45) is 0. The molecule has 0 aliphatic heterocycles. The van der Waals surface area contributed by atoms with Crippen molar-refractivity contribution in [2.24, 2.45) is 0 Å². The van der Waals surface area contributed by atoms with E-state index in [1.165, 1.54) is 0 Å². The van der Waals surface area contributed by atoms with Gasteiger partial charge >= 0.3 is 0 Å². The maximum atomic E-state index is 13.1. The molecule has 0 saturated heterocycles. The maximum Gasteiger partial charge on any atom is 0.160 e. The fourth-order valence-electron chi connectivity index (χ4n) is 14.5. The molecule has 0 saturated carbocycles. The van der Waals surface area contributed by atoms with Crippen molar-refractivity contribution < 1.29 is 4.42 Å². The minimum atomic E-state index is 0.369. The van der Waals surface area contributed by atoms with Crippen molar-refractivity contribution in [1.29, 1.82) is 10.5 Å². The van der Waals surface area contributed by atoms with Crippen LogP contribution in [0, 0.1) is 22.7 Å². The number of aromatic nitrogens is 4. The van der Waals surface area contributed by atoms with Crippen molar-refractivity contribution in [3.63, 3.8) is 0 Å². The molecule has 18 aromatic rings. The third kappa shape index (κ3) is 6.36. The molecule has 0 fully saturated rings. The number of hydrogen-bond acceptors (Lipinski definition) is 3. The molecule has 5 aromatic heterocycles. The second-order valence-corrected chi connectivity index (χ2v) is 22.0. The van der Waals surface area contributed by atoms with Crippen molar-refractivity contribution in [2.45, 2.75) is 0 Å². The zero-order chi connectivity index (χ0) is 56.0. The monoisotopic (exact) mass is 1080 g/mol. The Balaban J connectivity index is 1.13. The minimum absolute atomic E-state index is 0.369. The summed E-state index contributed by atoms with van der Waals surface area (Å²) >= 11 is 0. The van der Waals surface area contributed by atoms with Crippen LogP contribution in [0.3, 0.4) is 0 Å². The van der Waals surface area contributed by atoms with Gasteiger partial charge < -0.3 is 22.7 Å². The van der Waals surface area contributed by atoms with E-state index in [4.69, 9.17) is 4.42 Å². The quantitative estimate of drug-likeness (QED) is 0.166. The fraction of sp³-hybridized carbons (Fsp3) is 0. The number of para-hydroxylation sites is 7. The highest BCUT2D eigenvalue weighted by Gasteiger charge is 2.35.